The SMILES string of the molecule is Clc1nccc(Nc2ccc(Br)cc2Cl)n1. The Bertz CT molecular complexity index is 519. The highest BCUT2D eigenvalue weighted by Crippen LogP contribution is 2.27. The number of benzene rings is 1. The summed E-state index contributed by atoms with van der Waals surface area (Å²) >= 11 is 15.1. The van der Waals surface area contributed by atoms with Crippen LogP contribution in [0.3, 0.4) is 0 Å². The summed E-state index contributed by atoms with van der Waals surface area (Å²) in [5.41, 5.74) is 0.764. The van der Waals surface area contributed by atoms with Crippen LogP contribution >= 0.6 is 39.1 Å². The average molecular weight is 319 g/mol. The van der Waals surface area contributed by atoms with Crippen LogP contribution in [0.5, 0.6) is 0 Å². The first kappa shape index (κ1) is 11.6. The Labute approximate surface area is 111 Å². The highest BCUT2D eigenvalue weighted by molar-refractivity contribution is 9.10. The molecule has 0 radical (unpaired) electrons. The molecule has 2 rings (SSSR count). The fraction of sp³-hybridized carbons (Fsp3) is 0. The summed E-state index contributed by atoms with van der Waals surface area (Å²) in [5.74, 6) is 0.601. The van der Waals surface area contributed by atoms with Gasteiger partial charge in [0.2, 0.25) is 5.28 Å². The molecule has 0 saturated heterocycles. The summed E-state index contributed by atoms with van der Waals surface area (Å²) in [6.07, 6.45) is 1.57. The highest BCUT2D eigenvalue weighted by Gasteiger charge is 2.02. The molecule has 1 aromatic carbocycles. The van der Waals surface area contributed by atoms with Crippen molar-refractivity contribution in [1.82, 2.24) is 9.97 Å². The molecule has 0 aliphatic carbocycles. The third-order valence-electron chi connectivity index (χ3n) is 1.82. The van der Waals surface area contributed by atoms with Crippen LogP contribution < -0.4 is 5.32 Å². The smallest absolute Gasteiger partial charge is 0.224 e. The average Bonchev–Trinajstić information content (AvgIpc) is 2.22. The number of hydrogen-bond donors (Lipinski definition) is 1. The van der Waals surface area contributed by atoms with Crippen LogP contribution in [-0.2, 0) is 0 Å². The predicted octanol–water partition coefficient (Wildman–Crippen LogP) is 4.29. The molecule has 0 aliphatic heterocycles. The normalized spacial score (nSPS) is 10.2. The third kappa shape index (κ3) is 2.84. The fourth-order valence-corrected chi connectivity index (χ4v) is 2.00. The van der Waals surface area contributed by atoms with Crippen molar-refractivity contribution in [3.63, 3.8) is 0 Å². The zero-order valence-corrected chi connectivity index (χ0v) is 11.0. The molecule has 1 N–H and O–H groups in total. The largest absolute Gasteiger partial charge is 0.339 e. The van der Waals surface area contributed by atoms with E-state index in [9.17, 15) is 0 Å². The molecule has 1 aromatic heterocycles. The summed E-state index contributed by atoms with van der Waals surface area (Å²) in [5, 5.41) is 3.85. The standard InChI is InChI=1S/C10H6BrCl2N3/c11-6-1-2-8(7(12)5-6)15-9-3-4-14-10(13)16-9/h1-5H,(H,14,15,16). The summed E-state index contributed by atoms with van der Waals surface area (Å²) in [6.45, 7) is 0. The Morgan fingerprint density at radius 2 is 2.00 bits per heavy atom. The molecule has 0 atom stereocenters. The Hall–Kier alpha value is -0.840. The Morgan fingerprint density at radius 1 is 1.19 bits per heavy atom. The summed E-state index contributed by atoms with van der Waals surface area (Å²) in [4.78, 5) is 7.80. The van der Waals surface area contributed by atoms with Gasteiger partial charge in [-0.3, -0.25) is 0 Å². The van der Waals surface area contributed by atoms with Gasteiger partial charge in [-0.2, -0.15) is 0 Å². The van der Waals surface area contributed by atoms with Crippen molar-refractivity contribution < 1.29 is 0 Å². The van der Waals surface area contributed by atoms with E-state index >= 15 is 0 Å². The van der Waals surface area contributed by atoms with E-state index < -0.39 is 0 Å². The topological polar surface area (TPSA) is 37.8 Å². The van der Waals surface area contributed by atoms with Gasteiger partial charge in [0.1, 0.15) is 5.82 Å². The van der Waals surface area contributed by atoms with Gasteiger partial charge in [-0.05, 0) is 35.9 Å². The van der Waals surface area contributed by atoms with Crippen LogP contribution in [0, 0.1) is 0 Å². The van der Waals surface area contributed by atoms with Crippen molar-refractivity contribution >= 4 is 50.6 Å². The Kier molecular flexibility index (Phi) is 3.63. The van der Waals surface area contributed by atoms with Gasteiger partial charge in [0.05, 0.1) is 10.7 Å². The van der Waals surface area contributed by atoms with Crippen molar-refractivity contribution in [1.29, 1.82) is 0 Å². The van der Waals surface area contributed by atoms with Crippen molar-refractivity contribution in [2.45, 2.75) is 0 Å². The number of aromatic nitrogens is 2. The second kappa shape index (κ2) is 4.99. The van der Waals surface area contributed by atoms with Crippen LogP contribution in [0.2, 0.25) is 10.3 Å². The molecule has 0 bridgehead atoms. The van der Waals surface area contributed by atoms with Crippen LogP contribution in [0.1, 0.15) is 0 Å². The third-order valence-corrected chi connectivity index (χ3v) is 2.81. The van der Waals surface area contributed by atoms with E-state index in [-0.39, 0.29) is 5.28 Å². The molecule has 82 valence electrons. The van der Waals surface area contributed by atoms with E-state index in [0.717, 1.165) is 10.2 Å². The van der Waals surface area contributed by atoms with E-state index in [1.54, 1.807) is 18.3 Å². The second-order valence-corrected chi connectivity index (χ2v) is 4.62. The van der Waals surface area contributed by atoms with Crippen molar-refractivity contribution in [3.8, 4) is 0 Å². The minimum atomic E-state index is 0.193. The molecule has 0 amide bonds. The van der Waals surface area contributed by atoms with Gasteiger partial charge < -0.3 is 5.32 Å². The zero-order valence-electron chi connectivity index (χ0n) is 7.92. The number of rotatable bonds is 2. The number of nitrogens with zero attached hydrogens (tertiary/aromatic N) is 2. The van der Waals surface area contributed by atoms with Crippen molar-refractivity contribution in [2.24, 2.45) is 0 Å². The van der Waals surface area contributed by atoms with Gasteiger partial charge >= 0.3 is 0 Å². The quantitative estimate of drug-likeness (QED) is 0.839. The molecule has 2 aromatic rings. The van der Waals surface area contributed by atoms with E-state index in [1.807, 2.05) is 12.1 Å². The number of anilines is 2. The lowest BCUT2D eigenvalue weighted by Gasteiger charge is -2.07. The van der Waals surface area contributed by atoms with E-state index in [2.05, 4.69) is 31.2 Å². The van der Waals surface area contributed by atoms with Gasteiger partial charge in [-0.1, -0.05) is 27.5 Å². The molecule has 6 heteroatoms. The molecule has 0 saturated carbocycles. The maximum absolute atomic E-state index is 6.05. The Balaban J connectivity index is 2.27. The minimum absolute atomic E-state index is 0.193. The van der Waals surface area contributed by atoms with Gasteiger partial charge in [0, 0.05) is 10.7 Å². The molecule has 3 nitrogen and oxygen atoms in total. The van der Waals surface area contributed by atoms with Crippen molar-refractivity contribution in [2.75, 3.05) is 5.32 Å². The van der Waals surface area contributed by atoms with Gasteiger partial charge in [-0.15, -0.1) is 0 Å². The molecule has 0 aliphatic rings. The maximum atomic E-state index is 6.05. The molecule has 0 unspecified atom stereocenters. The second-order valence-electron chi connectivity index (χ2n) is 2.96. The lowest BCUT2D eigenvalue weighted by Crippen LogP contribution is -1.95. The molecular formula is C10H6BrCl2N3. The number of nitrogens with one attached hydrogen (secondary N) is 1. The van der Waals surface area contributed by atoms with Crippen LogP contribution in [0.15, 0.2) is 34.9 Å². The molecule has 0 fully saturated rings. The number of hydrogen-bond acceptors (Lipinski definition) is 3. The highest BCUT2D eigenvalue weighted by atomic mass is 79.9. The molecule has 0 spiro atoms. The lowest BCUT2D eigenvalue weighted by atomic mass is 10.3. The Morgan fingerprint density at radius 3 is 2.69 bits per heavy atom. The number of halogens is 3. The van der Waals surface area contributed by atoms with E-state index in [0.29, 0.717) is 10.8 Å². The lowest BCUT2D eigenvalue weighted by molar-refractivity contribution is 1.17. The first-order valence-corrected chi connectivity index (χ1v) is 5.90. The van der Waals surface area contributed by atoms with E-state index in [1.165, 1.54) is 0 Å². The van der Waals surface area contributed by atoms with Crippen LogP contribution in [-0.4, -0.2) is 9.97 Å². The minimum Gasteiger partial charge on any atom is -0.339 e. The zero-order chi connectivity index (χ0) is 11.5. The molecule has 16 heavy (non-hydrogen) atoms. The maximum Gasteiger partial charge on any atom is 0.224 e. The van der Waals surface area contributed by atoms with Crippen LogP contribution in [0.25, 0.3) is 0 Å². The van der Waals surface area contributed by atoms with Crippen LogP contribution in [0.4, 0.5) is 11.5 Å². The van der Waals surface area contributed by atoms with Crippen molar-refractivity contribution in [3.05, 3.63) is 45.2 Å². The molecule has 1 heterocycles. The first-order valence-electron chi connectivity index (χ1n) is 4.36. The van der Waals surface area contributed by atoms with Gasteiger partial charge in [0.15, 0.2) is 0 Å². The predicted molar refractivity (Wildman–Crippen MR) is 69.5 cm³/mol. The first-order chi connectivity index (χ1) is 7.65. The van der Waals surface area contributed by atoms with Gasteiger partial charge in [0.25, 0.3) is 0 Å². The monoisotopic (exact) mass is 317 g/mol. The van der Waals surface area contributed by atoms with E-state index in [4.69, 9.17) is 23.2 Å². The molecular weight excluding hydrogens is 313 g/mol. The van der Waals surface area contributed by atoms with Gasteiger partial charge in [-0.25, -0.2) is 9.97 Å². The summed E-state index contributed by atoms with van der Waals surface area (Å²) < 4.78 is 0.920. The summed E-state index contributed by atoms with van der Waals surface area (Å²) in [7, 11) is 0. The summed E-state index contributed by atoms with van der Waals surface area (Å²) in [6, 6.07) is 7.25. The fourth-order valence-electron chi connectivity index (χ4n) is 1.13.